The van der Waals surface area contributed by atoms with Gasteiger partial charge in [0, 0.05) is 26.8 Å². The maximum atomic E-state index is 3.80. The molecule has 0 amide bonds. The zero-order chi connectivity index (χ0) is 13.0. The zero-order valence-corrected chi connectivity index (χ0v) is 13.8. The molecule has 0 saturated heterocycles. The summed E-state index contributed by atoms with van der Waals surface area (Å²) in [5, 5.41) is 5.97. The second-order valence-electron chi connectivity index (χ2n) is 5.60. The first-order chi connectivity index (χ1) is 8.66. The van der Waals surface area contributed by atoms with Gasteiger partial charge >= 0.3 is 0 Å². The molecule has 1 saturated carbocycles. The van der Waals surface area contributed by atoms with E-state index in [1.807, 2.05) is 11.3 Å². The third kappa shape index (κ3) is 4.07. The fourth-order valence-electron chi connectivity index (χ4n) is 2.98. The normalized spacial score (nSPS) is 21.5. The van der Waals surface area contributed by atoms with Crippen LogP contribution in [0.1, 0.15) is 63.3 Å². The summed E-state index contributed by atoms with van der Waals surface area (Å²) in [6.07, 6.45) is 8.56. The van der Waals surface area contributed by atoms with Crippen LogP contribution in [0.15, 0.2) is 15.9 Å². The van der Waals surface area contributed by atoms with Gasteiger partial charge in [-0.15, -0.1) is 11.3 Å². The van der Waals surface area contributed by atoms with Crippen molar-refractivity contribution >= 4 is 27.3 Å². The Morgan fingerprint density at radius 2 is 1.89 bits per heavy atom. The highest BCUT2D eigenvalue weighted by molar-refractivity contribution is 9.10. The standard InChI is InChI=1S/C15H24BrNS/c1-11(13-7-5-3-4-6-8-13)17-12(2)15-9-14(16)10-18-15/h9-13,17H,3-8H2,1-2H3/t11-,12?/m0/s1. The van der Waals surface area contributed by atoms with Crippen LogP contribution in [-0.2, 0) is 0 Å². The third-order valence-corrected chi connectivity index (χ3v) is 6.01. The monoisotopic (exact) mass is 329 g/mol. The molecular weight excluding hydrogens is 306 g/mol. The first-order valence-electron chi connectivity index (χ1n) is 7.17. The van der Waals surface area contributed by atoms with Gasteiger partial charge in [0.1, 0.15) is 0 Å². The van der Waals surface area contributed by atoms with Crippen molar-refractivity contribution in [3.63, 3.8) is 0 Å². The van der Waals surface area contributed by atoms with Crippen molar-refractivity contribution in [2.45, 2.75) is 64.5 Å². The van der Waals surface area contributed by atoms with E-state index in [9.17, 15) is 0 Å². The summed E-state index contributed by atoms with van der Waals surface area (Å²) in [4.78, 5) is 1.43. The summed E-state index contributed by atoms with van der Waals surface area (Å²) < 4.78 is 1.21. The van der Waals surface area contributed by atoms with Crippen molar-refractivity contribution in [1.82, 2.24) is 5.32 Å². The molecule has 1 aromatic heterocycles. The first-order valence-corrected chi connectivity index (χ1v) is 8.84. The summed E-state index contributed by atoms with van der Waals surface area (Å²) in [6, 6.07) is 3.35. The van der Waals surface area contributed by atoms with E-state index in [1.165, 1.54) is 47.9 Å². The minimum Gasteiger partial charge on any atom is -0.307 e. The highest BCUT2D eigenvalue weighted by Crippen LogP contribution is 2.29. The Morgan fingerprint density at radius 3 is 2.44 bits per heavy atom. The van der Waals surface area contributed by atoms with Gasteiger partial charge < -0.3 is 5.32 Å². The van der Waals surface area contributed by atoms with Crippen LogP contribution in [0.2, 0.25) is 0 Å². The number of thiophene rings is 1. The molecular formula is C15H24BrNS. The second kappa shape index (κ2) is 7.06. The lowest BCUT2D eigenvalue weighted by Crippen LogP contribution is -2.35. The highest BCUT2D eigenvalue weighted by atomic mass is 79.9. The molecule has 0 spiro atoms. The van der Waals surface area contributed by atoms with Gasteiger partial charge in [0.2, 0.25) is 0 Å². The minimum atomic E-state index is 0.472. The lowest BCUT2D eigenvalue weighted by Gasteiger charge is -2.26. The maximum Gasteiger partial charge on any atom is 0.0388 e. The Bertz CT molecular complexity index is 355. The van der Waals surface area contributed by atoms with E-state index in [4.69, 9.17) is 0 Å². The zero-order valence-electron chi connectivity index (χ0n) is 11.4. The number of rotatable bonds is 4. The summed E-state index contributed by atoms with van der Waals surface area (Å²) in [5.41, 5.74) is 0. The van der Waals surface area contributed by atoms with Gasteiger partial charge in [-0.3, -0.25) is 0 Å². The van der Waals surface area contributed by atoms with Gasteiger partial charge in [-0.2, -0.15) is 0 Å². The number of nitrogens with one attached hydrogen (secondary N) is 1. The molecule has 1 N–H and O–H groups in total. The van der Waals surface area contributed by atoms with Gasteiger partial charge in [-0.25, -0.2) is 0 Å². The molecule has 1 fully saturated rings. The van der Waals surface area contributed by atoms with Crippen LogP contribution >= 0.6 is 27.3 Å². The fourth-order valence-corrected chi connectivity index (χ4v) is 4.44. The average Bonchev–Trinajstić information content (AvgIpc) is 2.63. The molecule has 0 bridgehead atoms. The van der Waals surface area contributed by atoms with Gasteiger partial charge in [0.25, 0.3) is 0 Å². The van der Waals surface area contributed by atoms with Crippen LogP contribution in [0.25, 0.3) is 0 Å². The van der Waals surface area contributed by atoms with E-state index >= 15 is 0 Å². The maximum absolute atomic E-state index is 3.80. The van der Waals surface area contributed by atoms with E-state index < -0.39 is 0 Å². The lowest BCUT2D eigenvalue weighted by molar-refractivity contribution is 0.318. The van der Waals surface area contributed by atoms with Crippen LogP contribution in [-0.4, -0.2) is 6.04 Å². The Labute approximate surface area is 123 Å². The van der Waals surface area contributed by atoms with E-state index in [0.29, 0.717) is 12.1 Å². The SMILES string of the molecule is CC(N[C@@H](C)C1CCCCCC1)c1cc(Br)cs1. The molecule has 0 aliphatic heterocycles. The van der Waals surface area contributed by atoms with Gasteiger partial charge in [0.05, 0.1) is 0 Å². The summed E-state index contributed by atoms with van der Waals surface area (Å²) in [6.45, 7) is 4.65. The van der Waals surface area contributed by atoms with E-state index in [-0.39, 0.29) is 0 Å². The topological polar surface area (TPSA) is 12.0 Å². The molecule has 102 valence electrons. The summed E-state index contributed by atoms with van der Waals surface area (Å²) >= 11 is 5.38. The van der Waals surface area contributed by atoms with Gasteiger partial charge in [0.15, 0.2) is 0 Å². The fraction of sp³-hybridized carbons (Fsp3) is 0.733. The molecule has 1 heterocycles. The summed E-state index contributed by atoms with van der Waals surface area (Å²) in [7, 11) is 0. The van der Waals surface area contributed by atoms with Gasteiger partial charge in [-0.1, -0.05) is 25.7 Å². The molecule has 1 aromatic rings. The van der Waals surface area contributed by atoms with E-state index in [1.54, 1.807) is 0 Å². The van der Waals surface area contributed by atoms with Crippen molar-refractivity contribution in [3.05, 3.63) is 20.8 Å². The molecule has 1 unspecified atom stereocenters. The van der Waals surface area contributed by atoms with Crippen LogP contribution < -0.4 is 5.32 Å². The molecule has 3 heteroatoms. The smallest absolute Gasteiger partial charge is 0.0388 e. The molecule has 1 aliphatic rings. The number of halogens is 1. The van der Waals surface area contributed by atoms with E-state index in [2.05, 4.69) is 46.5 Å². The first kappa shape index (κ1) is 14.5. The average molecular weight is 330 g/mol. The Kier molecular flexibility index (Phi) is 5.71. The molecule has 18 heavy (non-hydrogen) atoms. The van der Waals surface area contributed by atoms with Crippen molar-refractivity contribution in [2.75, 3.05) is 0 Å². The van der Waals surface area contributed by atoms with Crippen LogP contribution in [0.4, 0.5) is 0 Å². The second-order valence-corrected chi connectivity index (χ2v) is 7.45. The molecule has 0 radical (unpaired) electrons. The predicted octanol–water partition coefficient (Wildman–Crippen LogP) is 5.52. The number of hydrogen-bond donors (Lipinski definition) is 1. The lowest BCUT2D eigenvalue weighted by atomic mass is 9.92. The summed E-state index contributed by atoms with van der Waals surface area (Å²) in [5.74, 6) is 0.873. The van der Waals surface area contributed by atoms with Crippen LogP contribution in [0.3, 0.4) is 0 Å². The highest BCUT2D eigenvalue weighted by Gasteiger charge is 2.21. The quantitative estimate of drug-likeness (QED) is 0.717. The molecule has 0 aromatic carbocycles. The minimum absolute atomic E-state index is 0.472. The number of hydrogen-bond acceptors (Lipinski definition) is 2. The Hall–Kier alpha value is 0.140. The molecule has 1 nitrogen and oxygen atoms in total. The molecule has 2 rings (SSSR count). The van der Waals surface area contributed by atoms with E-state index in [0.717, 1.165) is 5.92 Å². The van der Waals surface area contributed by atoms with Crippen LogP contribution in [0, 0.1) is 5.92 Å². The molecule has 1 aliphatic carbocycles. The van der Waals surface area contributed by atoms with Crippen molar-refractivity contribution < 1.29 is 0 Å². The largest absolute Gasteiger partial charge is 0.307 e. The third-order valence-electron chi connectivity index (χ3n) is 4.13. The van der Waals surface area contributed by atoms with Crippen LogP contribution in [0.5, 0.6) is 0 Å². The predicted molar refractivity (Wildman–Crippen MR) is 84.2 cm³/mol. The van der Waals surface area contributed by atoms with Gasteiger partial charge in [-0.05, 0) is 54.6 Å². The van der Waals surface area contributed by atoms with Crippen molar-refractivity contribution in [2.24, 2.45) is 5.92 Å². The Balaban J connectivity index is 1.87. The Morgan fingerprint density at radius 1 is 1.22 bits per heavy atom. The van der Waals surface area contributed by atoms with Crippen molar-refractivity contribution in [1.29, 1.82) is 0 Å². The van der Waals surface area contributed by atoms with Crippen molar-refractivity contribution in [3.8, 4) is 0 Å². The molecule has 2 atom stereocenters.